The highest BCUT2D eigenvalue weighted by atomic mass is 32.2. The Morgan fingerprint density at radius 1 is 0.526 bits per heavy atom. The number of aromatic nitrogens is 6. The number of hydrogen-bond acceptors (Lipinski definition) is 14. The fourth-order valence-electron chi connectivity index (χ4n) is 8.05. The quantitative estimate of drug-likeness (QED) is 0.0802. The molecule has 76 heavy (non-hydrogen) atoms. The summed E-state index contributed by atoms with van der Waals surface area (Å²) < 4.78 is 71.0. The Labute approximate surface area is 439 Å². The van der Waals surface area contributed by atoms with Crippen molar-refractivity contribution in [2.75, 3.05) is 37.8 Å². The van der Waals surface area contributed by atoms with Gasteiger partial charge < -0.3 is 20.1 Å². The summed E-state index contributed by atoms with van der Waals surface area (Å²) in [5.74, 6) is -0.974. The Morgan fingerprint density at radius 3 is 1.25 bits per heavy atom. The maximum atomic E-state index is 13.2. The van der Waals surface area contributed by atoms with Crippen LogP contribution in [0.5, 0.6) is 11.8 Å². The average Bonchev–Trinajstić information content (AvgIpc) is 3.40. The number of anilines is 2. The molecule has 4 aromatic heterocycles. The molecule has 2 amide bonds. The Morgan fingerprint density at radius 2 is 0.908 bits per heavy atom. The van der Waals surface area contributed by atoms with Crippen LogP contribution in [0.4, 0.5) is 11.4 Å². The molecular formula is C54H58N10O10S2. The molecule has 0 saturated carbocycles. The van der Waals surface area contributed by atoms with E-state index >= 15 is 0 Å². The third kappa shape index (κ3) is 12.2. The number of amides is 2. The van der Waals surface area contributed by atoms with Gasteiger partial charge in [0.2, 0.25) is 23.6 Å². The second-order valence-electron chi connectivity index (χ2n) is 18.2. The normalized spacial score (nSPS) is 12.2. The molecule has 22 heteroatoms. The smallest absolute Gasteiger partial charge is 0.262 e. The highest BCUT2D eigenvalue weighted by Gasteiger charge is 2.22. The van der Waals surface area contributed by atoms with Crippen molar-refractivity contribution < 1.29 is 35.9 Å². The first kappa shape index (κ1) is 55.3. The fourth-order valence-corrected chi connectivity index (χ4v) is 10.3. The van der Waals surface area contributed by atoms with Crippen LogP contribution in [0, 0.1) is 39.5 Å². The molecule has 0 aliphatic carbocycles. The van der Waals surface area contributed by atoms with Crippen molar-refractivity contribution in [2.24, 2.45) is 11.8 Å². The van der Waals surface area contributed by atoms with Gasteiger partial charge in [-0.2, -0.15) is 0 Å². The summed E-state index contributed by atoms with van der Waals surface area (Å²) in [5.41, 5.74) is 6.82. The monoisotopic (exact) mass is 1070 g/mol. The van der Waals surface area contributed by atoms with Gasteiger partial charge in [-0.05, 0) is 122 Å². The predicted octanol–water partition coefficient (Wildman–Crippen LogP) is 6.53. The zero-order chi connectivity index (χ0) is 55.2. The van der Waals surface area contributed by atoms with Gasteiger partial charge in [0.15, 0.2) is 0 Å². The highest BCUT2D eigenvalue weighted by Crippen LogP contribution is 2.33. The van der Waals surface area contributed by atoms with Crippen molar-refractivity contribution in [3.05, 3.63) is 153 Å². The standard InChI is InChI=1S/2C27H29N5O5S/c2*1-16-6-8-21(10-17(16)2)38(35,36)31-24-12-20(13-29-26(24)37-5)19-7-9-23-22(11-19)27(34)32(15-30-23)14-18(3)25(33)28-4/h2*6-13,15,18,31H,14H2,1-5H3,(H,28,33)/t2*18-/m10/s1. The van der Waals surface area contributed by atoms with E-state index in [9.17, 15) is 36.0 Å². The van der Waals surface area contributed by atoms with E-state index in [2.05, 4.69) is 40.0 Å². The van der Waals surface area contributed by atoms with Gasteiger partial charge in [0.25, 0.3) is 31.2 Å². The number of fused-ring (bicyclic) bond motifs is 2. The van der Waals surface area contributed by atoms with Crippen molar-refractivity contribution in [1.29, 1.82) is 0 Å². The summed E-state index contributed by atoms with van der Waals surface area (Å²) in [4.78, 5) is 67.7. The molecule has 0 aliphatic rings. The zero-order valence-electron chi connectivity index (χ0n) is 43.5. The van der Waals surface area contributed by atoms with E-state index in [1.807, 2.05) is 27.7 Å². The van der Waals surface area contributed by atoms with E-state index in [0.717, 1.165) is 22.3 Å². The molecule has 0 bridgehead atoms. The number of carbonyl (C=O) groups excluding carboxylic acids is 2. The van der Waals surface area contributed by atoms with Crippen LogP contribution >= 0.6 is 0 Å². The van der Waals surface area contributed by atoms with E-state index in [-0.39, 0.29) is 68.9 Å². The molecule has 0 unspecified atom stereocenters. The van der Waals surface area contributed by atoms with Gasteiger partial charge in [-0.15, -0.1) is 0 Å². The maximum absolute atomic E-state index is 13.2. The topological polar surface area (TPSA) is 265 Å². The lowest BCUT2D eigenvalue weighted by Gasteiger charge is -2.14. The lowest BCUT2D eigenvalue weighted by molar-refractivity contribution is -0.125. The summed E-state index contributed by atoms with van der Waals surface area (Å²) in [5, 5.41) is 5.88. The SMILES string of the molecule is CNC(=O)[C@@H](C)Cn1cnc2ccc(-c3cnc(OC)c(NS(=O)(=O)c4ccc(C)c(C)c4)c3)cc2c1=O.CNC(=O)[C@H](C)Cn1cnc2ccc(-c3cnc(OC)c(NS(=O)(=O)c4ccc(C)c(C)c4)c3)cc2c1=O. The Balaban J connectivity index is 0.000000221. The summed E-state index contributed by atoms with van der Waals surface area (Å²) in [7, 11) is -1.94. The molecule has 0 fully saturated rings. The van der Waals surface area contributed by atoms with E-state index < -0.39 is 31.9 Å². The lowest BCUT2D eigenvalue weighted by Crippen LogP contribution is -2.32. The molecular weight excluding hydrogens is 1010 g/mol. The number of sulfonamides is 2. The van der Waals surface area contributed by atoms with E-state index in [1.165, 1.54) is 48.4 Å². The van der Waals surface area contributed by atoms with Crippen LogP contribution in [-0.2, 0) is 42.7 Å². The average molecular weight is 1070 g/mol. The molecule has 0 saturated heterocycles. The Hall–Kier alpha value is -8.50. The number of hydrogen-bond donors (Lipinski definition) is 4. The first-order chi connectivity index (χ1) is 36.1. The maximum Gasteiger partial charge on any atom is 0.262 e. The third-order valence-electron chi connectivity index (χ3n) is 12.8. The Bertz CT molecular complexity index is 3650. The molecule has 8 aromatic rings. The first-order valence-corrected chi connectivity index (χ1v) is 26.7. The molecule has 0 radical (unpaired) electrons. The van der Waals surface area contributed by atoms with Gasteiger partial charge in [-0.25, -0.2) is 36.8 Å². The predicted molar refractivity (Wildman–Crippen MR) is 291 cm³/mol. The number of ether oxygens (including phenoxy) is 2. The minimum Gasteiger partial charge on any atom is -0.480 e. The van der Waals surface area contributed by atoms with Gasteiger partial charge in [-0.3, -0.25) is 37.8 Å². The third-order valence-corrected chi connectivity index (χ3v) is 15.5. The second kappa shape index (κ2) is 22.9. The van der Waals surface area contributed by atoms with Gasteiger partial charge in [-0.1, -0.05) is 38.1 Å². The number of methoxy groups -OCH3 is 2. The van der Waals surface area contributed by atoms with Crippen LogP contribution in [0.3, 0.4) is 0 Å². The van der Waals surface area contributed by atoms with Crippen molar-refractivity contribution >= 4 is 65.0 Å². The van der Waals surface area contributed by atoms with Gasteiger partial charge in [0.1, 0.15) is 11.4 Å². The highest BCUT2D eigenvalue weighted by molar-refractivity contribution is 7.93. The summed E-state index contributed by atoms with van der Waals surface area (Å²) in [6.45, 7) is 11.3. The zero-order valence-corrected chi connectivity index (χ0v) is 45.2. The lowest BCUT2D eigenvalue weighted by atomic mass is 10.0. The van der Waals surface area contributed by atoms with Crippen molar-refractivity contribution in [1.82, 2.24) is 39.7 Å². The number of nitrogens with zero attached hydrogens (tertiary/aromatic N) is 6. The molecule has 396 valence electrons. The summed E-state index contributed by atoms with van der Waals surface area (Å²) >= 11 is 0. The summed E-state index contributed by atoms with van der Waals surface area (Å²) in [6, 6.07) is 23.3. The van der Waals surface area contributed by atoms with Crippen LogP contribution in [0.1, 0.15) is 36.1 Å². The molecule has 20 nitrogen and oxygen atoms in total. The number of aryl methyl sites for hydroxylation is 4. The van der Waals surface area contributed by atoms with Crippen molar-refractivity contribution in [3.63, 3.8) is 0 Å². The van der Waals surface area contributed by atoms with E-state index in [1.54, 1.807) is 113 Å². The minimum atomic E-state index is -3.92. The fraction of sp³-hybridized carbons (Fsp3) is 0.259. The molecule has 4 N–H and O–H groups in total. The van der Waals surface area contributed by atoms with Crippen molar-refractivity contribution in [2.45, 2.75) is 64.4 Å². The minimum absolute atomic E-state index is 0.106. The number of nitrogens with one attached hydrogen (secondary N) is 4. The van der Waals surface area contributed by atoms with Gasteiger partial charge in [0.05, 0.1) is 70.3 Å². The number of pyridine rings is 2. The van der Waals surface area contributed by atoms with Crippen LogP contribution in [0.25, 0.3) is 44.1 Å². The Kier molecular flexibility index (Phi) is 16.7. The largest absolute Gasteiger partial charge is 0.480 e. The molecule has 2 atom stereocenters. The molecule has 4 heterocycles. The van der Waals surface area contributed by atoms with Crippen LogP contribution < -0.4 is 40.7 Å². The van der Waals surface area contributed by atoms with Gasteiger partial charge >= 0.3 is 0 Å². The molecule has 8 rings (SSSR count). The summed E-state index contributed by atoms with van der Waals surface area (Å²) in [6.07, 6.45) is 5.93. The number of carbonyl (C=O) groups is 2. The van der Waals surface area contributed by atoms with Crippen molar-refractivity contribution in [3.8, 4) is 34.0 Å². The van der Waals surface area contributed by atoms with E-state index in [4.69, 9.17) is 9.47 Å². The van der Waals surface area contributed by atoms with Crippen LogP contribution in [0.2, 0.25) is 0 Å². The molecule has 0 spiro atoms. The molecule has 4 aromatic carbocycles. The van der Waals surface area contributed by atoms with Crippen LogP contribution in [-0.4, -0.2) is 86.0 Å². The van der Waals surface area contributed by atoms with E-state index in [0.29, 0.717) is 44.1 Å². The second-order valence-corrected chi connectivity index (χ2v) is 21.5. The number of rotatable bonds is 16. The molecule has 0 aliphatic heterocycles. The van der Waals surface area contributed by atoms with Crippen LogP contribution in [0.15, 0.2) is 129 Å². The van der Waals surface area contributed by atoms with Gasteiger partial charge in [0, 0.05) is 50.7 Å². The number of benzene rings is 4. The first-order valence-electron chi connectivity index (χ1n) is 23.8.